The zero-order valence-corrected chi connectivity index (χ0v) is 17.2. The van der Waals surface area contributed by atoms with E-state index < -0.39 is 0 Å². The highest BCUT2D eigenvalue weighted by Crippen LogP contribution is 2.29. The monoisotopic (exact) mass is 369 g/mol. The van der Waals surface area contributed by atoms with Crippen LogP contribution in [-0.4, -0.2) is 20.8 Å². The molecule has 148 valence electrons. The smallest absolute Gasteiger partial charge is 0.119 e. The maximum Gasteiger partial charge on any atom is 0.119 e. The van der Waals surface area contributed by atoms with E-state index in [1.54, 1.807) is 14.2 Å². The molecule has 0 spiro atoms. The molecule has 0 radical (unpaired) electrons. The average Bonchev–Trinajstić information content (AvgIpc) is 2.73. The molecule has 0 heterocycles. The maximum absolute atomic E-state index is 5.30. The summed E-state index contributed by atoms with van der Waals surface area (Å²) in [6, 6.07) is 16.6. The van der Waals surface area contributed by atoms with E-state index >= 15 is 0 Å². The van der Waals surface area contributed by atoms with Crippen molar-refractivity contribution in [2.45, 2.75) is 58.3 Å². The summed E-state index contributed by atoms with van der Waals surface area (Å²) in [4.78, 5) is 2.38. The Labute approximate surface area is 165 Å². The van der Waals surface area contributed by atoms with Crippen LogP contribution in [0.1, 0.15) is 58.3 Å². The van der Waals surface area contributed by atoms with Gasteiger partial charge in [0.1, 0.15) is 11.5 Å². The van der Waals surface area contributed by atoms with Crippen LogP contribution in [0.3, 0.4) is 0 Å². The number of nitrogens with zero attached hydrogens (tertiary/aromatic N) is 1. The van der Waals surface area contributed by atoms with Crippen LogP contribution in [-0.2, 0) is 0 Å². The summed E-state index contributed by atoms with van der Waals surface area (Å²) in [5.74, 6) is 1.78. The zero-order valence-electron chi connectivity index (χ0n) is 17.2. The van der Waals surface area contributed by atoms with Gasteiger partial charge in [-0.15, -0.1) is 0 Å². The molecule has 0 atom stereocenters. The predicted molar refractivity (Wildman–Crippen MR) is 116 cm³/mol. The Morgan fingerprint density at radius 3 is 1.41 bits per heavy atom. The van der Waals surface area contributed by atoms with Crippen molar-refractivity contribution >= 4 is 11.4 Å². The molecule has 2 rings (SSSR count). The molecule has 2 aromatic carbocycles. The fourth-order valence-corrected chi connectivity index (χ4v) is 3.34. The van der Waals surface area contributed by atoms with Gasteiger partial charge in [-0.25, -0.2) is 0 Å². The van der Waals surface area contributed by atoms with Gasteiger partial charge in [0.2, 0.25) is 0 Å². The minimum absolute atomic E-state index is 0.889. The van der Waals surface area contributed by atoms with Gasteiger partial charge in [-0.05, 0) is 55.0 Å². The Bertz CT molecular complexity index is 574. The van der Waals surface area contributed by atoms with Gasteiger partial charge in [0.05, 0.1) is 14.2 Å². The molecule has 0 amide bonds. The minimum atomic E-state index is 0.889. The number of anilines is 2. The fraction of sp³-hybridized carbons (Fsp3) is 0.500. The van der Waals surface area contributed by atoms with Gasteiger partial charge in [0, 0.05) is 17.9 Å². The Hall–Kier alpha value is -2.16. The second-order valence-electron chi connectivity index (χ2n) is 7.02. The topological polar surface area (TPSA) is 21.7 Å². The van der Waals surface area contributed by atoms with Crippen molar-refractivity contribution < 1.29 is 9.47 Å². The van der Waals surface area contributed by atoms with E-state index in [0.29, 0.717) is 0 Å². The fourth-order valence-electron chi connectivity index (χ4n) is 3.34. The number of hydrogen-bond acceptors (Lipinski definition) is 3. The first kappa shape index (κ1) is 21.1. The first-order chi connectivity index (χ1) is 13.3. The molecule has 0 fully saturated rings. The van der Waals surface area contributed by atoms with Crippen molar-refractivity contribution in [1.82, 2.24) is 0 Å². The highest BCUT2D eigenvalue weighted by Gasteiger charge is 2.10. The van der Waals surface area contributed by atoms with Crippen molar-refractivity contribution in [2.75, 3.05) is 25.7 Å². The molecule has 0 N–H and O–H groups in total. The van der Waals surface area contributed by atoms with Gasteiger partial charge < -0.3 is 14.4 Å². The highest BCUT2D eigenvalue weighted by molar-refractivity contribution is 5.64. The third-order valence-electron chi connectivity index (χ3n) is 5.00. The van der Waals surface area contributed by atoms with Crippen LogP contribution < -0.4 is 14.4 Å². The molecule has 0 saturated heterocycles. The Morgan fingerprint density at radius 2 is 1.00 bits per heavy atom. The van der Waals surface area contributed by atoms with Crippen LogP contribution in [0.4, 0.5) is 11.4 Å². The summed E-state index contributed by atoms with van der Waals surface area (Å²) in [6.07, 6.45) is 10.7. The highest BCUT2D eigenvalue weighted by atomic mass is 16.5. The average molecular weight is 370 g/mol. The van der Waals surface area contributed by atoms with E-state index in [1.807, 2.05) is 24.3 Å². The molecule has 0 aliphatic rings. The standard InChI is InChI=1S/C24H35NO2/c1-4-5-6-7-8-9-10-11-20-25(21-12-16-23(26-2)17-13-21)22-14-18-24(27-3)19-15-22/h12-19H,4-11,20H2,1-3H3. The lowest BCUT2D eigenvalue weighted by Crippen LogP contribution is -2.18. The van der Waals surface area contributed by atoms with Crippen LogP contribution in [0.5, 0.6) is 11.5 Å². The summed E-state index contributed by atoms with van der Waals surface area (Å²) < 4.78 is 10.6. The Balaban J connectivity index is 1.94. The Kier molecular flexibility index (Phi) is 9.61. The van der Waals surface area contributed by atoms with Crippen LogP contribution in [0.2, 0.25) is 0 Å². The van der Waals surface area contributed by atoms with E-state index in [9.17, 15) is 0 Å². The molecular formula is C24H35NO2. The van der Waals surface area contributed by atoms with E-state index in [0.717, 1.165) is 18.0 Å². The summed E-state index contributed by atoms with van der Waals surface area (Å²) in [6.45, 7) is 3.29. The number of benzene rings is 2. The van der Waals surface area contributed by atoms with Crippen LogP contribution in [0, 0.1) is 0 Å². The van der Waals surface area contributed by atoms with Gasteiger partial charge in [-0.3, -0.25) is 0 Å². The lowest BCUT2D eigenvalue weighted by atomic mass is 10.1. The van der Waals surface area contributed by atoms with Crippen molar-refractivity contribution in [3.8, 4) is 11.5 Å². The summed E-state index contributed by atoms with van der Waals surface area (Å²) >= 11 is 0. The summed E-state index contributed by atoms with van der Waals surface area (Å²) in [5.41, 5.74) is 2.40. The van der Waals surface area contributed by atoms with E-state index in [-0.39, 0.29) is 0 Å². The van der Waals surface area contributed by atoms with Crippen LogP contribution >= 0.6 is 0 Å². The van der Waals surface area contributed by atoms with Crippen LogP contribution in [0.25, 0.3) is 0 Å². The lowest BCUT2D eigenvalue weighted by Gasteiger charge is -2.25. The molecule has 0 saturated carbocycles. The van der Waals surface area contributed by atoms with E-state index in [4.69, 9.17) is 9.47 Å². The van der Waals surface area contributed by atoms with Crippen molar-refractivity contribution in [3.05, 3.63) is 48.5 Å². The SMILES string of the molecule is CCCCCCCCCCN(c1ccc(OC)cc1)c1ccc(OC)cc1. The first-order valence-electron chi connectivity index (χ1n) is 10.3. The zero-order chi connectivity index (χ0) is 19.3. The Morgan fingerprint density at radius 1 is 0.593 bits per heavy atom. The summed E-state index contributed by atoms with van der Waals surface area (Å²) in [7, 11) is 3.41. The number of ether oxygens (including phenoxy) is 2. The van der Waals surface area contributed by atoms with Gasteiger partial charge in [0.25, 0.3) is 0 Å². The molecule has 0 unspecified atom stereocenters. The number of hydrogen-bond donors (Lipinski definition) is 0. The summed E-state index contributed by atoms with van der Waals surface area (Å²) in [5, 5.41) is 0. The second-order valence-corrected chi connectivity index (χ2v) is 7.02. The normalized spacial score (nSPS) is 10.6. The molecule has 0 bridgehead atoms. The van der Waals surface area contributed by atoms with Gasteiger partial charge >= 0.3 is 0 Å². The molecule has 0 aliphatic carbocycles. The quantitative estimate of drug-likeness (QED) is 0.355. The largest absolute Gasteiger partial charge is 0.497 e. The first-order valence-corrected chi connectivity index (χ1v) is 10.3. The van der Waals surface area contributed by atoms with E-state index in [1.165, 1.54) is 62.7 Å². The van der Waals surface area contributed by atoms with Crippen molar-refractivity contribution in [1.29, 1.82) is 0 Å². The minimum Gasteiger partial charge on any atom is -0.497 e. The number of rotatable bonds is 13. The van der Waals surface area contributed by atoms with Gasteiger partial charge in [-0.2, -0.15) is 0 Å². The van der Waals surface area contributed by atoms with Crippen LogP contribution in [0.15, 0.2) is 48.5 Å². The van der Waals surface area contributed by atoms with Gasteiger partial charge in [-0.1, -0.05) is 51.9 Å². The number of methoxy groups -OCH3 is 2. The number of unbranched alkanes of at least 4 members (excludes halogenated alkanes) is 7. The third-order valence-corrected chi connectivity index (χ3v) is 5.00. The lowest BCUT2D eigenvalue weighted by molar-refractivity contribution is 0.415. The molecule has 2 aromatic rings. The molecule has 3 heteroatoms. The van der Waals surface area contributed by atoms with Crippen molar-refractivity contribution in [3.63, 3.8) is 0 Å². The molecule has 0 aliphatic heterocycles. The second kappa shape index (κ2) is 12.3. The van der Waals surface area contributed by atoms with Crippen molar-refractivity contribution in [2.24, 2.45) is 0 Å². The molecular weight excluding hydrogens is 334 g/mol. The molecule has 3 nitrogen and oxygen atoms in total. The molecule has 27 heavy (non-hydrogen) atoms. The van der Waals surface area contributed by atoms with Gasteiger partial charge in [0.15, 0.2) is 0 Å². The predicted octanol–water partition coefficient (Wildman–Crippen LogP) is 6.98. The molecule has 0 aromatic heterocycles. The van der Waals surface area contributed by atoms with E-state index in [2.05, 4.69) is 36.1 Å². The third kappa shape index (κ3) is 7.16. The maximum atomic E-state index is 5.30.